The van der Waals surface area contributed by atoms with E-state index in [9.17, 15) is 4.79 Å². The average Bonchev–Trinajstić information content (AvgIpc) is 3.09. The van der Waals surface area contributed by atoms with Gasteiger partial charge in [-0.05, 0) is 30.4 Å². The Morgan fingerprint density at radius 2 is 2.20 bits per heavy atom. The minimum Gasteiger partial charge on any atom is -0.496 e. The van der Waals surface area contributed by atoms with E-state index in [-0.39, 0.29) is 0 Å². The molecule has 1 aliphatic rings. The Hall–Kier alpha value is -1.57. The van der Waals surface area contributed by atoms with Crippen molar-refractivity contribution < 1.29 is 9.53 Å². The second-order valence-corrected chi connectivity index (χ2v) is 3.78. The summed E-state index contributed by atoms with van der Waals surface area (Å²) in [6.07, 6.45) is 7.59. The molecule has 78 valence electrons. The van der Waals surface area contributed by atoms with Gasteiger partial charge in [-0.15, -0.1) is 0 Å². The highest BCUT2D eigenvalue weighted by atomic mass is 16.5. The van der Waals surface area contributed by atoms with Crippen LogP contribution in [0.3, 0.4) is 0 Å². The van der Waals surface area contributed by atoms with E-state index >= 15 is 0 Å². The summed E-state index contributed by atoms with van der Waals surface area (Å²) in [6, 6.07) is 5.64. The fourth-order valence-electron chi connectivity index (χ4n) is 1.54. The van der Waals surface area contributed by atoms with Crippen molar-refractivity contribution in [2.24, 2.45) is 5.92 Å². The van der Waals surface area contributed by atoms with E-state index in [1.807, 2.05) is 18.2 Å². The standard InChI is InChI=1S/C13H14O2/c1-15-13-4-2-3-11(12(13)9-14)8-7-10-5-6-10/h2-4,7-10H,5-6H2,1H3/b8-7+. The number of aldehydes is 1. The summed E-state index contributed by atoms with van der Waals surface area (Å²) in [5, 5.41) is 0. The fourth-order valence-corrected chi connectivity index (χ4v) is 1.54. The minimum absolute atomic E-state index is 0.636. The molecule has 0 atom stereocenters. The van der Waals surface area contributed by atoms with Gasteiger partial charge in [0.25, 0.3) is 0 Å². The number of hydrogen-bond donors (Lipinski definition) is 0. The molecule has 0 amide bonds. The predicted molar refractivity (Wildman–Crippen MR) is 60.1 cm³/mol. The van der Waals surface area contributed by atoms with Crippen LogP contribution in [-0.2, 0) is 0 Å². The van der Waals surface area contributed by atoms with Crippen molar-refractivity contribution in [3.05, 3.63) is 35.4 Å². The van der Waals surface area contributed by atoms with Crippen LogP contribution >= 0.6 is 0 Å². The van der Waals surface area contributed by atoms with E-state index in [0.29, 0.717) is 11.3 Å². The Bertz CT molecular complexity index is 390. The minimum atomic E-state index is 0.636. The van der Waals surface area contributed by atoms with Gasteiger partial charge in [0.2, 0.25) is 0 Å². The van der Waals surface area contributed by atoms with E-state index in [4.69, 9.17) is 4.74 Å². The number of carbonyl (C=O) groups excluding carboxylic acids is 1. The molecular weight excluding hydrogens is 188 g/mol. The topological polar surface area (TPSA) is 26.3 Å². The molecule has 0 aromatic heterocycles. The summed E-state index contributed by atoms with van der Waals surface area (Å²) in [5.74, 6) is 1.36. The summed E-state index contributed by atoms with van der Waals surface area (Å²) in [7, 11) is 1.58. The molecule has 1 aromatic carbocycles. The molecule has 0 unspecified atom stereocenters. The zero-order chi connectivity index (χ0) is 10.7. The van der Waals surface area contributed by atoms with Crippen molar-refractivity contribution in [1.29, 1.82) is 0 Å². The van der Waals surface area contributed by atoms with Crippen molar-refractivity contribution in [3.63, 3.8) is 0 Å². The molecule has 2 nitrogen and oxygen atoms in total. The maximum absolute atomic E-state index is 11.0. The van der Waals surface area contributed by atoms with Gasteiger partial charge in [-0.3, -0.25) is 4.79 Å². The summed E-state index contributed by atoms with van der Waals surface area (Å²) >= 11 is 0. The predicted octanol–water partition coefficient (Wildman–Crippen LogP) is 2.93. The van der Waals surface area contributed by atoms with Crippen LogP contribution in [0.5, 0.6) is 5.75 Å². The quantitative estimate of drug-likeness (QED) is 0.702. The van der Waals surface area contributed by atoms with Crippen LogP contribution in [0.25, 0.3) is 6.08 Å². The smallest absolute Gasteiger partial charge is 0.154 e. The van der Waals surface area contributed by atoms with Crippen LogP contribution in [0.1, 0.15) is 28.8 Å². The summed E-state index contributed by atoms with van der Waals surface area (Å²) < 4.78 is 5.13. The molecule has 0 N–H and O–H groups in total. The SMILES string of the molecule is COc1cccc(/C=C/C2CC2)c1C=O. The highest BCUT2D eigenvalue weighted by Gasteiger charge is 2.17. The number of carbonyl (C=O) groups is 1. The van der Waals surface area contributed by atoms with Gasteiger partial charge >= 0.3 is 0 Å². The van der Waals surface area contributed by atoms with Crippen molar-refractivity contribution >= 4 is 12.4 Å². The summed E-state index contributed by atoms with van der Waals surface area (Å²) in [5.41, 5.74) is 1.58. The first-order chi connectivity index (χ1) is 7.35. The lowest BCUT2D eigenvalue weighted by Crippen LogP contribution is -1.93. The lowest BCUT2D eigenvalue weighted by atomic mass is 10.1. The van der Waals surface area contributed by atoms with E-state index in [1.54, 1.807) is 13.2 Å². The summed E-state index contributed by atoms with van der Waals surface area (Å²) in [4.78, 5) is 11.0. The van der Waals surface area contributed by atoms with Gasteiger partial charge in [-0.25, -0.2) is 0 Å². The van der Waals surface area contributed by atoms with E-state index in [1.165, 1.54) is 12.8 Å². The Labute approximate surface area is 89.6 Å². The molecule has 0 spiro atoms. The van der Waals surface area contributed by atoms with Gasteiger partial charge in [-0.2, -0.15) is 0 Å². The van der Waals surface area contributed by atoms with Crippen molar-refractivity contribution in [2.45, 2.75) is 12.8 Å². The lowest BCUT2D eigenvalue weighted by molar-refractivity contribution is 0.112. The number of allylic oxidation sites excluding steroid dienone is 1. The molecule has 1 aliphatic carbocycles. The Kier molecular flexibility index (Phi) is 2.86. The number of hydrogen-bond acceptors (Lipinski definition) is 2. The van der Waals surface area contributed by atoms with E-state index in [2.05, 4.69) is 6.08 Å². The van der Waals surface area contributed by atoms with Crippen LogP contribution in [0.2, 0.25) is 0 Å². The molecule has 1 saturated carbocycles. The molecule has 0 radical (unpaired) electrons. The first-order valence-corrected chi connectivity index (χ1v) is 5.15. The average molecular weight is 202 g/mol. The second kappa shape index (κ2) is 4.30. The first kappa shape index (κ1) is 9.97. The molecule has 0 saturated heterocycles. The maximum atomic E-state index is 11.0. The van der Waals surface area contributed by atoms with Crippen LogP contribution in [-0.4, -0.2) is 13.4 Å². The molecule has 1 aromatic rings. The van der Waals surface area contributed by atoms with Crippen LogP contribution in [0.4, 0.5) is 0 Å². The second-order valence-electron chi connectivity index (χ2n) is 3.78. The van der Waals surface area contributed by atoms with Gasteiger partial charge in [0.05, 0.1) is 12.7 Å². The van der Waals surface area contributed by atoms with Crippen molar-refractivity contribution in [2.75, 3.05) is 7.11 Å². The van der Waals surface area contributed by atoms with Gasteiger partial charge in [-0.1, -0.05) is 24.3 Å². The molecule has 0 bridgehead atoms. The molecule has 2 heteroatoms. The third-order valence-electron chi connectivity index (χ3n) is 2.61. The summed E-state index contributed by atoms with van der Waals surface area (Å²) in [6.45, 7) is 0. The normalized spacial score (nSPS) is 15.5. The number of rotatable bonds is 4. The maximum Gasteiger partial charge on any atom is 0.154 e. The molecule has 1 fully saturated rings. The number of ether oxygens (including phenoxy) is 1. The molecule has 0 heterocycles. The molecule has 2 rings (SSSR count). The highest BCUT2D eigenvalue weighted by molar-refractivity contribution is 5.85. The van der Waals surface area contributed by atoms with Crippen LogP contribution in [0.15, 0.2) is 24.3 Å². The number of benzene rings is 1. The van der Waals surface area contributed by atoms with Gasteiger partial charge in [0.15, 0.2) is 6.29 Å². The van der Waals surface area contributed by atoms with Crippen LogP contribution in [0, 0.1) is 5.92 Å². The fraction of sp³-hybridized carbons (Fsp3) is 0.308. The van der Waals surface area contributed by atoms with Crippen molar-refractivity contribution in [1.82, 2.24) is 0 Å². The molecular formula is C13H14O2. The van der Waals surface area contributed by atoms with E-state index < -0.39 is 0 Å². The van der Waals surface area contributed by atoms with Crippen LogP contribution < -0.4 is 4.74 Å². The van der Waals surface area contributed by atoms with Gasteiger partial charge in [0.1, 0.15) is 5.75 Å². The van der Waals surface area contributed by atoms with E-state index in [0.717, 1.165) is 17.8 Å². The first-order valence-electron chi connectivity index (χ1n) is 5.15. The zero-order valence-corrected chi connectivity index (χ0v) is 8.77. The Morgan fingerprint density at radius 1 is 1.40 bits per heavy atom. The third kappa shape index (κ3) is 2.27. The highest BCUT2D eigenvalue weighted by Crippen LogP contribution is 2.31. The Balaban J connectivity index is 2.31. The molecule has 15 heavy (non-hydrogen) atoms. The zero-order valence-electron chi connectivity index (χ0n) is 8.77. The molecule has 0 aliphatic heterocycles. The van der Waals surface area contributed by atoms with Crippen molar-refractivity contribution in [3.8, 4) is 5.75 Å². The largest absolute Gasteiger partial charge is 0.496 e. The van der Waals surface area contributed by atoms with Gasteiger partial charge in [0, 0.05) is 0 Å². The van der Waals surface area contributed by atoms with Gasteiger partial charge < -0.3 is 4.74 Å². The Morgan fingerprint density at radius 3 is 2.80 bits per heavy atom. The number of methoxy groups -OCH3 is 1. The monoisotopic (exact) mass is 202 g/mol. The lowest BCUT2D eigenvalue weighted by Gasteiger charge is -2.05. The third-order valence-corrected chi connectivity index (χ3v) is 2.61.